The topological polar surface area (TPSA) is 70.1 Å². The second-order valence-electron chi connectivity index (χ2n) is 8.08. The van der Waals surface area contributed by atoms with Crippen LogP contribution in [-0.4, -0.2) is 21.4 Å². The molecular weight excluding hydrogens is 381 g/mol. The molecule has 4 rings (SSSR count). The molecule has 0 aliphatic heterocycles. The molecule has 4 aromatic rings. The van der Waals surface area contributed by atoms with Gasteiger partial charge in [0, 0.05) is 17.1 Å². The Balaban J connectivity index is 1.74. The second-order valence-corrected chi connectivity index (χ2v) is 8.08. The van der Waals surface area contributed by atoms with Crippen molar-refractivity contribution in [2.24, 2.45) is 0 Å². The average molecular weight is 403 g/mol. The molecule has 0 bridgehead atoms. The van der Waals surface area contributed by atoms with Crippen LogP contribution >= 0.6 is 0 Å². The predicted molar refractivity (Wildman–Crippen MR) is 116 cm³/mol. The van der Waals surface area contributed by atoms with Gasteiger partial charge in [-0.1, -0.05) is 24.3 Å². The molecule has 0 fully saturated rings. The third-order valence-corrected chi connectivity index (χ3v) is 4.65. The lowest BCUT2D eigenvalue weighted by molar-refractivity contribution is 0.00647. The number of hydrogen-bond acceptors (Lipinski definition) is 4. The van der Waals surface area contributed by atoms with E-state index in [2.05, 4.69) is 5.10 Å². The third-order valence-electron chi connectivity index (χ3n) is 4.65. The van der Waals surface area contributed by atoms with Gasteiger partial charge in [-0.3, -0.25) is 0 Å². The fourth-order valence-corrected chi connectivity index (χ4v) is 3.31. The summed E-state index contributed by atoms with van der Waals surface area (Å²) in [5.74, 6) is -1.34. The number of nitrogens with two attached hydrogens (primary N) is 1. The Bertz CT molecular complexity index is 1240. The molecule has 0 aliphatic carbocycles. The Morgan fingerprint density at radius 1 is 1.07 bits per heavy atom. The summed E-state index contributed by atoms with van der Waals surface area (Å²) < 4.78 is 21.6. The number of nitrogen functional groups attached to an aromatic ring is 1. The molecule has 0 aliphatic rings. The monoisotopic (exact) mass is 403 g/mol. The van der Waals surface area contributed by atoms with Crippen LogP contribution in [-0.2, 0) is 4.74 Å². The number of fused-ring (bicyclic) bond motifs is 1. The minimum Gasteiger partial charge on any atom is -0.456 e. The largest absolute Gasteiger partial charge is 0.456 e. The Morgan fingerprint density at radius 3 is 2.47 bits per heavy atom. The summed E-state index contributed by atoms with van der Waals surface area (Å²) >= 11 is 0. The van der Waals surface area contributed by atoms with Crippen LogP contribution in [0, 0.1) is 5.82 Å². The minimum absolute atomic E-state index is 0.104. The molecule has 6 heteroatoms. The van der Waals surface area contributed by atoms with E-state index < -0.39 is 17.4 Å². The van der Waals surface area contributed by atoms with Gasteiger partial charge in [0.05, 0.1) is 23.0 Å². The van der Waals surface area contributed by atoms with Crippen molar-refractivity contribution < 1.29 is 13.9 Å². The van der Waals surface area contributed by atoms with Crippen molar-refractivity contribution in [1.82, 2.24) is 9.78 Å². The van der Waals surface area contributed by atoms with Crippen LogP contribution in [0.5, 0.6) is 0 Å². The maximum absolute atomic E-state index is 14.7. The maximum Gasteiger partial charge on any atom is 0.341 e. The van der Waals surface area contributed by atoms with E-state index in [4.69, 9.17) is 10.5 Å². The average Bonchev–Trinajstić information content (AvgIpc) is 3.11. The minimum atomic E-state index is -0.696. The lowest BCUT2D eigenvalue weighted by Crippen LogP contribution is -2.24. The molecule has 5 nitrogen and oxygen atoms in total. The smallest absolute Gasteiger partial charge is 0.341 e. The third kappa shape index (κ3) is 3.76. The van der Waals surface area contributed by atoms with Crippen LogP contribution in [0.25, 0.3) is 27.7 Å². The van der Waals surface area contributed by atoms with Crippen molar-refractivity contribution in [1.29, 1.82) is 0 Å². The number of hydrogen-bond donors (Lipinski definition) is 1. The second kappa shape index (κ2) is 7.30. The molecule has 0 saturated heterocycles. The van der Waals surface area contributed by atoms with Crippen LogP contribution in [0.4, 0.5) is 10.1 Å². The van der Waals surface area contributed by atoms with E-state index in [0.717, 1.165) is 22.0 Å². The van der Waals surface area contributed by atoms with Crippen molar-refractivity contribution in [2.45, 2.75) is 26.4 Å². The van der Waals surface area contributed by atoms with Gasteiger partial charge in [-0.2, -0.15) is 5.10 Å². The molecule has 0 spiro atoms. The van der Waals surface area contributed by atoms with Crippen LogP contribution < -0.4 is 5.73 Å². The SMILES string of the molecule is CC(C)(C)OC(=O)c1ccc(-n2ncc3c(-c4ccc(N)cc4)cccc32)cc1F. The zero-order chi connectivity index (χ0) is 21.5. The number of nitrogens with zero attached hydrogens (tertiary/aromatic N) is 2. The van der Waals surface area contributed by atoms with Crippen molar-refractivity contribution in [3.8, 4) is 16.8 Å². The van der Waals surface area contributed by atoms with Crippen molar-refractivity contribution in [2.75, 3.05) is 5.73 Å². The number of carbonyl (C=O) groups is 1. The van der Waals surface area contributed by atoms with E-state index in [1.807, 2.05) is 42.5 Å². The first-order valence-electron chi connectivity index (χ1n) is 9.59. The van der Waals surface area contributed by atoms with Crippen LogP contribution in [0.3, 0.4) is 0 Å². The molecule has 3 aromatic carbocycles. The fraction of sp³-hybridized carbons (Fsp3) is 0.167. The maximum atomic E-state index is 14.7. The highest BCUT2D eigenvalue weighted by atomic mass is 19.1. The van der Waals surface area contributed by atoms with Crippen molar-refractivity contribution in [3.05, 3.63) is 78.2 Å². The Labute approximate surface area is 173 Å². The quantitative estimate of drug-likeness (QED) is 0.369. The molecule has 0 radical (unpaired) electrons. The highest BCUT2D eigenvalue weighted by molar-refractivity contribution is 5.95. The molecule has 0 atom stereocenters. The Hall–Kier alpha value is -3.67. The van der Waals surface area contributed by atoms with Crippen molar-refractivity contribution >= 4 is 22.6 Å². The summed E-state index contributed by atoms with van der Waals surface area (Å²) in [5.41, 5.74) is 9.06. The lowest BCUT2D eigenvalue weighted by atomic mass is 10.0. The first-order chi connectivity index (χ1) is 14.2. The first kappa shape index (κ1) is 19.6. The normalized spacial score (nSPS) is 11.6. The summed E-state index contributed by atoms with van der Waals surface area (Å²) in [7, 11) is 0. The van der Waals surface area contributed by atoms with Gasteiger partial charge >= 0.3 is 5.97 Å². The van der Waals surface area contributed by atoms with E-state index in [9.17, 15) is 9.18 Å². The molecule has 0 unspecified atom stereocenters. The van der Waals surface area contributed by atoms with Crippen LogP contribution in [0.15, 0.2) is 66.9 Å². The number of carbonyl (C=O) groups excluding carboxylic acids is 1. The van der Waals surface area contributed by atoms with E-state index in [1.165, 1.54) is 12.1 Å². The lowest BCUT2D eigenvalue weighted by Gasteiger charge is -2.19. The molecule has 1 aromatic heterocycles. The van der Waals surface area contributed by atoms with Gasteiger partial charge in [0.25, 0.3) is 0 Å². The van der Waals surface area contributed by atoms with E-state index in [-0.39, 0.29) is 5.56 Å². The van der Waals surface area contributed by atoms with E-state index in [1.54, 1.807) is 37.7 Å². The highest BCUT2D eigenvalue weighted by Crippen LogP contribution is 2.30. The summed E-state index contributed by atoms with van der Waals surface area (Å²) in [6.07, 6.45) is 1.75. The van der Waals surface area contributed by atoms with Gasteiger partial charge in [-0.25, -0.2) is 13.9 Å². The molecule has 2 N–H and O–H groups in total. The Morgan fingerprint density at radius 2 is 1.80 bits per heavy atom. The van der Waals surface area contributed by atoms with E-state index in [0.29, 0.717) is 11.4 Å². The summed E-state index contributed by atoms with van der Waals surface area (Å²) in [6, 6.07) is 17.8. The van der Waals surface area contributed by atoms with Gasteiger partial charge in [0.2, 0.25) is 0 Å². The van der Waals surface area contributed by atoms with E-state index >= 15 is 0 Å². The molecular formula is C24H22FN3O2. The molecule has 0 amide bonds. The molecule has 1 heterocycles. The number of rotatable bonds is 3. The first-order valence-corrected chi connectivity index (χ1v) is 9.59. The van der Waals surface area contributed by atoms with Gasteiger partial charge in [0.1, 0.15) is 11.4 Å². The molecule has 152 valence electrons. The number of benzene rings is 3. The van der Waals surface area contributed by atoms with Gasteiger partial charge in [0.15, 0.2) is 0 Å². The predicted octanol–water partition coefficient (Wildman–Crippen LogP) is 5.37. The van der Waals surface area contributed by atoms with Gasteiger partial charge < -0.3 is 10.5 Å². The highest BCUT2D eigenvalue weighted by Gasteiger charge is 2.21. The number of anilines is 1. The summed E-state index contributed by atoms with van der Waals surface area (Å²) in [5, 5.41) is 5.38. The number of ether oxygens (including phenoxy) is 1. The number of halogens is 1. The molecule has 0 saturated carbocycles. The molecule has 30 heavy (non-hydrogen) atoms. The summed E-state index contributed by atoms with van der Waals surface area (Å²) in [6.45, 7) is 5.23. The Kier molecular flexibility index (Phi) is 4.78. The number of esters is 1. The van der Waals surface area contributed by atoms with Crippen LogP contribution in [0.2, 0.25) is 0 Å². The van der Waals surface area contributed by atoms with Gasteiger partial charge in [-0.15, -0.1) is 0 Å². The van der Waals surface area contributed by atoms with Crippen molar-refractivity contribution in [3.63, 3.8) is 0 Å². The van der Waals surface area contributed by atoms with Gasteiger partial charge in [-0.05, 0) is 62.2 Å². The zero-order valence-corrected chi connectivity index (χ0v) is 17.0. The summed E-state index contributed by atoms with van der Waals surface area (Å²) in [4.78, 5) is 12.2. The zero-order valence-electron chi connectivity index (χ0n) is 17.0. The standard InChI is InChI=1S/C24H22FN3O2/c1-24(2,3)30-23(29)19-12-11-17(13-21(19)25)28-22-6-4-5-18(20(22)14-27-28)15-7-9-16(26)10-8-15/h4-14H,26H2,1-3H3. The van der Waals surface area contributed by atoms with Crippen LogP contribution in [0.1, 0.15) is 31.1 Å². The fourth-order valence-electron chi connectivity index (χ4n) is 3.31. The number of aromatic nitrogens is 2.